The van der Waals surface area contributed by atoms with Crippen LogP contribution in [0.3, 0.4) is 0 Å². The molecule has 0 aliphatic heterocycles. The molecule has 4 aliphatic rings. The molecule has 4 nitrogen and oxygen atoms in total. The summed E-state index contributed by atoms with van der Waals surface area (Å²) in [5.41, 5.74) is 1.57. The van der Waals surface area contributed by atoms with Crippen molar-refractivity contribution in [2.24, 2.45) is 46.3 Å². The Kier molecular flexibility index (Phi) is 8.32. The predicted octanol–water partition coefficient (Wildman–Crippen LogP) is 6.53. The first-order chi connectivity index (χ1) is 18.1. The molecule has 4 aliphatic carbocycles. The van der Waals surface area contributed by atoms with Crippen LogP contribution in [0.15, 0.2) is 30.3 Å². The number of rotatable bonds is 8. The van der Waals surface area contributed by atoms with Gasteiger partial charge in [-0.1, -0.05) is 51.1 Å². The molecule has 0 spiro atoms. The molecule has 11 atom stereocenters. The summed E-state index contributed by atoms with van der Waals surface area (Å²) < 4.78 is 0. The fraction of sp³-hybridized carbons (Fsp3) is 0.794. The lowest BCUT2D eigenvalue weighted by molar-refractivity contribution is -0.174. The molecule has 0 unspecified atom stereocenters. The molecule has 1 aromatic rings. The van der Waals surface area contributed by atoms with Gasteiger partial charge in [-0.3, -0.25) is 4.79 Å². The van der Waals surface area contributed by atoms with E-state index in [1.165, 1.54) is 31.2 Å². The van der Waals surface area contributed by atoms with Crippen LogP contribution in [0.4, 0.5) is 0 Å². The van der Waals surface area contributed by atoms with E-state index in [1.54, 1.807) is 0 Å². The minimum Gasteiger partial charge on any atom is -0.393 e. The Balaban J connectivity index is 1.16. The van der Waals surface area contributed by atoms with Gasteiger partial charge in [-0.05, 0) is 129 Å². The number of fused-ring (bicyclic) bond motifs is 5. The molecule has 5 rings (SSSR count). The fourth-order valence-corrected chi connectivity index (χ4v) is 10.2. The van der Waals surface area contributed by atoms with Crippen molar-refractivity contribution in [1.29, 1.82) is 0 Å². The Morgan fingerprint density at radius 2 is 1.74 bits per heavy atom. The van der Waals surface area contributed by atoms with Crippen molar-refractivity contribution in [2.75, 3.05) is 0 Å². The number of hydrogen-bond acceptors (Lipinski definition) is 3. The van der Waals surface area contributed by atoms with Gasteiger partial charge in [0.1, 0.15) is 0 Å². The first-order valence-corrected chi connectivity index (χ1v) is 15.8. The SMILES string of the molecule is C[C@H](CCC(=O)N[C@@H](C)CCc1ccccc1)[C@H]1CC[C@H]2[C@@H]3CC[C@@H]4C[C@H](O)CC[C@]4(C)[C@H]3C[C@H](O)[C@]12C. The van der Waals surface area contributed by atoms with Crippen molar-refractivity contribution >= 4 is 5.91 Å². The van der Waals surface area contributed by atoms with Crippen molar-refractivity contribution in [2.45, 2.75) is 123 Å². The molecule has 38 heavy (non-hydrogen) atoms. The number of amides is 1. The number of carbonyl (C=O) groups is 1. The topological polar surface area (TPSA) is 69.6 Å². The summed E-state index contributed by atoms with van der Waals surface area (Å²) in [7, 11) is 0. The second-order valence-electron chi connectivity index (χ2n) is 14.4. The molecule has 0 heterocycles. The lowest BCUT2D eigenvalue weighted by atomic mass is 9.43. The molecule has 4 fully saturated rings. The van der Waals surface area contributed by atoms with E-state index in [9.17, 15) is 15.0 Å². The van der Waals surface area contributed by atoms with Gasteiger partial charge in [-0.25, -0.2) is 0 Å². The van der Waals surface area contributed by atoms with E-state index in [0.29, 0.717) is 41.9 Å². The molecule has 0 bridgehead atoms. The Labute approximate surface area is 231 Å². The van der Waals surface area contributed by atoms with Crippen LogP contribution in [-0.4, -0.2) is 34.4 Å². The standard InChI is InChI=1S/C34H53NO3/c1-22(10-17-32(38)35-23(2)11-12-24-8-6-5-7-9-24)28-15-16-29-27-14-13-25-20-26(36)18-19-33(25,3)30(27)21-31(37)34(28,29)4/h5-9,22-23,25-31,36-37H,10-21H2,1-4H3,(H,35,38)/t22-,23+,25-,26-,27+,28-,29+,30+,31+,33+,34-/m1/s1. The Morgan fingerprint density at radius 3 is 2.50 bits per heavy atom. The molecule has 212 valence electrons. The van der Waals surface area contributed by atoms with Crippen LogP contribution in [0.5, 0.6) is 0 Å². The third kappa shape index (κ3) is 5.21. The van der Waals surface area contributed by atoms with E-state index in [2.05, 4.69) is 57.3 Å². The summed E-state index contributed by atoms with van der Waals surface area (Å²) in [6.07, 6.45) is 12.0. The third-order valence-electron chi connectivity index (χ3n) is 12.4. The predicted molar refractivity (Wildman–Crippen MR) is 153 cm³/mol. The first kappa shape index (κ1) is 28.1. The molecular formula is C34H53NO3. The van der Waals surface area contributed by atoms with Crippen LogP contribution < -0.4 is 5.32 Å². The van der Waals surface area contributed by atoms with Gasteiger partial charge in [0.25, 0.3) is 0 Å². The lowest BCUT2D eigenvalue weighted by Crippen LogP contribution is -2.58. The highest BCUT2D eigenvalue weighted by molar-refractivity contribution is 5.76. The van der Waals surface area contributed by atoms with E-state index in [4.69, 9.17) is 0 Å². The average molecular weight is 524 g/mol. The Morgan fingerprint density at radius 1 is 0.974 bits per heavy atom. The molecule has 0 radical (unpaired) electrons. The van der Waals surface area contributed by atoms with Gasteiger partial charge >= 0.3 is 0 Å². The zero-order valence-electron chi connectivity index (χ0n) is 24.4. The minimum atomic E-state index is -0.252. The van der Waals surface area contributed by atoms with Gasteiger partial charge in [0.05, 0.1) is 12.2 Å². The van der Waals surface area contributed by atoms with Gasteiger partial charge in [-0.2, -0.15) is 0 Å². The molecule has 0 aromatic heterocycles. The average Bonchev–Trinajstić information content (AvgIpc) is 3.26. The van der Waals surface area contributed by atoms with E-state index in [-0.39, 0.29) is 35.0 Å². The number of aliphatic hydroxyl groups excluding tert-OH is 2. The van der Waals surface area contributed by atoms with E-state index in [0.717, 1.165) is 44.9 Å². The number of carbonyl (C=O) groups excluding carboxylic acids is 1. The van der Waals surface area contributed by atoms with Gasteiger partial charge in [0.2, 0.25) is 5.91 Å². The minimum absolute atomic E-state index is 0.0303. The molecule has 1 aromatic carbocycles. The van der Waals surface area contributed by atoms with Crippen LogP contribution in [0.2, 0.25) is 0 Å². The van der Waals surface area contributed by atoms with Crippen molar-refractivity contribution in [3.63, 3.8) is 0 Å². The number of nitrogens with one attached hydrogen (secondary N) is 1. The maximum Gasteiger partial charge on any atom is 0.220 e. The third-order valence-corrected chi connectivity index (χ3v) is 12.4. The zero-order valence-corrected chi connectivity index (χ0v) is 24.4. The summed E-state index contributed by atoms with van der Waals surface area (Å²) in [5, 5.41) is 25.3. The van der Waals surface area contributed by atoms with Gasteiger partial charge < -0.3 is 15.5 Å². The second-order valence-corrected chi connectivity index (χ2v) is 14.4. The maximum absolute atomic E-state index is 12.8. The van der Waals surface area contributed by atoms with Crippen LogP contribution in [0.1, 0.15) is 104 Å². The van der Waals surface area contributed by atoms with E-state index in [1.807, 2.05) is 6.07 Å². The van der Waals surface area contributed by atoms with Crippen LogP contribution in [0, 0.1) is 46.3 Å². The highest BCUT2D eigenvalue weighted by atomic mass is 16.3. The quantitative estimate of drug-likeness (QED) is 0.363. The number of aliphatic hydroxyl groups is 2. The number of benzene rings is 1. The largest absolute Gasteiger partial charge is 0.393 e. The molecule has 4 saturated carbocycles. The molecular weight excluding hydrogens is 470 g/mol. The van der Waals surface area contributed by atoms with Crippen molar-refractivity contribution in [3.05, 3.63) is 35.9 Å². The molecule has 1 amide bonds. The summed E-state index contributed by atoms with van der Waals surface area (Å²) >= 11 is 0. The summed E-state index contributed by atoms with van der Waals surface area (Å²) in [4.78, 5) is 12.8. The molecule has 0 saturated heterocycles. The van der Waals surface area contributed by atoms with Gasteiger partial charge in [-0.15, -0.1) is 0 Å². The maximum atomic E-state index is 12.8. The fourth-order valence-electron chi connectivity index (χ4n) is 10.2. The lowest BCUT2D eigenvalue weighted by Gasteiger charge is -2.62. The molecule has 3 N–H and O–H groups in total. The first-order valence-electron chi connectivity index (χ1n) is 15.8. The summed E-state index contributed by atoms with van der Waals surface area (Å²) in [5.74, 6) is 3.63. The summed E-state index contributed by atoms with van der Waals surface area (Å²) in [6.45, 7) is 9.34. The van der Waals surface area contributed by atoms with Gasteiger partial charge in [0.15, 0.2) is 0 Å². The van der Waals surface area contributed by atoms with Crippen molar-refractivity contribution in [1.82, 2.24) is 5.32 Å². The molecule has 4 heteroatoms. The highest BCUT2D eigenvalue weighted by Crippen LogP contribution is 2.68. The van der Waals surface area contributed by atoms with Crippen LogP contribution in [-0.2, 0) is 11.2 Å². The Hall–Kier alpha value is -1.39. The van der Waals surface area contributed by atoms with Crippen LogP contribution >= 0.6 is 0 Å². The van der Waals surface area contributed by atoms with E-state index < -0.39 is 0 Å². The number of aryl methyl sites for hydroxylation is 1. The van der Waals surface area contributed by atoms with Crippen molar-refractivity contribution in [3.8, 4) is 0 Å². The smallest absolute Gasteiger partial charge is 0.220 e. The zero-order chi connectivity index (χ0) is 27.1. The second kappa shape index (κ2) is 11.2. The van der Waals surface area contributed by atoms with Crippen LogP contribution in [0.25, 0.3) is 0 Å². The summed E-state index contributed by atoms with van der Waals surface area (Å²) in [6, 6.07) is 10.7. The Bertz CT molecular complexity index is 950. The van der Waals surface area contributed by atoms with Crippen molar-refractivity contribution < 1.29 is 15.0 Å². The number of hydrogen-bond donors (Lipinski definition) is 3. The highest BCUT2D eigenvalue weighted by Gasteiger charge is 2.63. The van der Waals surface area contributed by atoms with Gasteiger partial charge in [0, 0.05) is 12.5 Å². The monoisotopic (exact) mass is 523 g/mol. The van der Waals surface area contributed by atoms with E-state index >= 15 is 0 Å². The normalized spacial score (nSPS) is 41.9.